The molecule has 1 aliphatic rings. The topological polar surface area (TPSA) is 49.4 Å². The molecule has 0 aromatic rings. The second-order valence-corrected chi connectivity index (χ2v) is 5.14. The zero-order valence-electron chi connectivity index (χ0n) is 11.2. The van der Waals surface area contributed by atoms with Crippen molar-refractivity contribution in [3.8, 4) is 0 Å². The van der Waals surface area contributed by atoms with Crippen molar-refractivity contribution in [1.29, 1.82) is 0 Å². The first kappa shape index (κ1) is 14.0. The van der Waals surface area contributed by atoms with E-state index in [1.807, 2.05) is 18.7 Å². The van der Waals surface area contributed by atoms with E-state index in [1.165, 1.54) is 6.42 Å². The molecule has 1 saturated heterocycles. The maximum Gasteiger partial charge on any atom is 0.232 e. The molecule has 98 valence electrons. The summed E-state index contributed by atoms with van der Waals surface area (Å²) in [6, 6.07) is 0.149. The predicted molar refractivity (Wildman–Crippen MR) is 67.5 cm³/mol. The molecule has 0 aromatic carbocycles. The van der Waals surface area contributed by atoms with E-state index >= 15 is 0 Å². The van der Waals surface area contributed by atoms with Crippen molar-refractivity contribution in [3.63, 3.8) is 0 Å². The molecular weight excluding hydrogens is 216 g/mol. The van der Waals surface area contributed by atoms with E-state index in [0.29, 0.717) is 5.92 Å². The van der Waals surface area contributed by atoms with Crippen molar-refractivity contribution in [1.82, 2.24) is 10.2 Å². The number of nitrogens with zero attached hydrogens (tertiary/aromatic N) is 1. The van der Waals surface area contributed by atoms with Crippen LogP contribution in [-0.2, 0) is 9.59 Å². The lowest BCUT2D eigenvalue weighted by molar-refractivity contribution is -0.137. The van der Waals surface area contributed by atoms with Crippen LogP contribution in [-0.4, -0.2) is 35.8 Å². The van der Waals surface area contributed by atoms with Crippen LogP contribution in [0.4, 0.5) is 0 Å². The van der Waals surface area contributed by atoms with Crippen LogP contribution >= 0.6 is 0 Å². The average molecular weight is 240 g/mol. The Hall–Kier alpha value is -1.06. The quantitative estimate of drug-likeness (QED) is 0.758. The molecule has 0 spiro atoms. The monoisotopic (exact) mass is 240 g/mol. The Balaban J connectivity index is 2.35. The zero-order chi connectivity index (χ0) is 12.8. The average Bonchev–Trinajstić information content (AvgIpc) is 2.28. The van der Waals surface area contributed by atoms with Crippen LogP contribution < -0.4 is 5.32 Å². The van der Waals surface area contributed by atoms with Gasteiger partial charge < -0.3 is 10.2 Å². The molecule has 2 atom stereocenters. The Labute approximate surface area is 104 Å². The van der Waals surface area contributed by atoms with Gasteiger partial charge in [-0.1, -0.05) is 13.8 Å². The first-order chi connectivity index (χ1) is 8.02. The molecule has 0 bridgehead atoms. The van der Waals surface area contributed by atoms with E-state index in [-0.39, 0.29) is 24.3 Å². The van der Waals surface area contributed by atoms with E-state index in [2.05, 4.69) is 12.2 Å². The third kappa shape index (κ3) is 4.75. The first-order valence-electron chi connectivity index (χ1n) is 6.60. The Bertz CT molecular complexity index is 279. The predicted octanol–water partition coefficient (Wildman–Crippen LogP) is 1.55. The largest absolute Gasteiger partial charge is 0.353 e. The smallest absolute Gasteiger partial charge is 0.232 e. The second kappa shape index (κ2) is 6.62. The number of piperidine rings is 1. The van der Waals surface area contributed by atoms with Gasteiger partial charge in [-0.05, 0) is 32.1 Å². The van der Waals surface area contributed by atoms with E-state index in [4.69, 9.17) is 0 Å². The molecular formula is C13H24N2O2. The standard InChI is InChI=1S/C13H24N2O2/c1-4-11(3)14-12(16)8-13(17)15-7-5-6-10(2)9-15/h10-11H,4-9H2,1-3H3,(H,14,16). The van der Waals surface area contributed by atoms with Gasteiger partial charge in [-0.15, -0.1) is 0 Å². The number of carbonyl (C=O) groups is 2. The summed E-state index contributed by atoms with van der Waals surface area (Å²) in [7, 11) is 0. The molecule has 0 aromatic heterocycles. The van der Waals surface area contributed by atoms with Crippen LogP contribution in [0, 0.1) is 5.92 Å². The number of likely N-dealkylation sites (tertiary alicyclic amines) is 1. The highest BCUT2D eigenvalue weighted by molar-refractivity contribution is 5.97. The van der Waals surface area contributed by atoms with Crippen LogP contribution in [0.2, 0.25) is 0 Å². The summed E-state index contributed by atoms with van der Waals surface area (Å²) in [5.74, 6) is 0.380. The highest BCUT2D eigenvalue weighted by Gasteiger charge is 2.22. The molecule has 0 aliphatic carbocycles. The minimum absolute atomic E-state index is 0.00292. The summed E-state index contributed by atoms with van der Waals surface area (Å²) in [6.45, 7) is 7.72. The van der Waals surface area contributed by atoms with Gasteiger partial charge in [0.2, 0.25) is 11.8 Å². The summed E-state index contributed by atoms with van der Waals surface area (Å²) >= 11 is 0. The molecule has 1 N–H and O–H groups in total. The van der Waals surface area contributed by atoms with Crippen LogP contribution in [0.3, 0.4) is 0 Å². The number of rotatable bonds is 4. The number of amides is 2. The lowest BCUT2D eigenvalue weighted by Gasteiger charge is -2.30. The van der Waals surface area contributed by atoms with E-state index in [9.17, 15) is 9.59 Å². The number of hydrogen-bond donors (Lipinski definition) is 1. The summed E-state index contributed by atoms with van der Waals surface area (Å²) in [5.41, 5.74) is 0. The van der Waals surface area contributed by atoms with E-state index in [0.717, 1.165) is 25.9 Å². The van der Waals surface area contributed by atoms with Gasteiger partial charge in [0.25, 0.3) is 0 Å². The van der Waals surface area contributed by atoms with Crippen molar-refractivity contribution in [2.45, 2.75) is 52.5 Å². The van der Waals surface area contributed by atoms with Crippen molar-refractivity contribution < 1.29 is 9.59 Å². The molecule has 2 unspecified atom stereocenters. The molecule has 1 aliphatic heterocycles. The second-order valence-electron chi connectivity index (χ2n) is 5.14. The Morgan fingerprint density at radius 2 is 2.18 bits per heavy atom. The summed E-state index contributed by atoms with van der Waals surface area (Å²) in [5, 5.41) is 2.82. The Morgan fingerprint density at radius 1 is 1.47 bits per heavy atom. The lowest BCUT2D eigenvalue weighted by atomic mass is 10.00. The van der Waals surface area contributed by atoms with Crippen LogP contribution in [0.1, 0.15) is 46.5 Å². The highest BCUT2D eigenvalue weighted by Crippen LogP contribution is 2.16. The van der Waals surface area contributed by atoms with Gasteiger partial charge in [-0.2, -0.15) is 0 Å². The van der Waals surface area contributed by atoms with Crippen LogP contribution in [0.5, 0.6) is 0 Å². The molecule has 17 heavy (non-hydrogen) atoms. The van der Waals surface area contributed by atoms with Crippen molar-refractivity contribution >= 4 is 11.8 Å². The molecule has 0 saturated carbocycles. The lowest BCUT2D eigenvalue weighted by Crippen LogP contribution is -2.42. The SMILES string of the molecule is CCC(C)NC(=O)CC(=O)N1CCCC(C)C1. The van der Waals surface area contributed by atoms with Crippen molar-refractivity contribution in [2.75, 3.05) is 13.1 Å². The third-order valence-corrected chi connectivity index (χ3v) is 3.34. The molecule has 0 radical (unpaired) electrons. The number of carbonyl (C=O) groups excluding carboxylic acids is 2. The van der Waals surface area contributed by atoms with Crippen LogP contribution in [0.25, 0.3) is 0 Å². The van der Waals surface area contributed by atoms with E-state index < -0.39 is 0 Å². The van der Waals surface area contributed by atoms with Gasteiger partial charge in [0.1, 0.15) is 6.42 Å². The summed E-state index contributed by atoms with van der Waals surface area (Å²) < 4.78 is 0. The number of hydrogen-bond acceptors (Lipinski definition) is 2. The fraction of sp³-hybridized carbons (Fsp3) is 0.846. The van der Waals surface area contributed by atoms with Gasteiger partial charge >= 0.3 is 0 Å². The zero-order valence-corrected chi connectivity index (χ0v) is 11.2. The summed E-state index contributed by atoms with van der Waals surface area (Å²) in [4.78, 5) is 25.3. The van der Waals surface area contributed by atoms with Gasteiger partial charge in [0, 0.05) is 19.1 Å². The van der Waals surface area contributed by atoms with Crippen molar-refractivity contribution in [3.05, 3.63) is 0 Å². The van der Waals surface area contributed by atoms with Gasteiger partial charge in [-0.25, -0.2) is 0 Å². The minimum Gasteiger partial charge on any atom is -0.353 e. The molecule has 4 nitrogen and oxygen atoms in total. The maximum atomic E-state index is 11.9. The van der Waals surface area contributed by atoms with Gasteiger partial charge in [0.15, 0.2) is 0 Å². The van der Waals surface area contributed by atoms with Crippen molar-refractivity contribution in [2.24, 2.45) is 5.92 Å². The normalized spacial score (nSPS) is 22.1. The number of nitrogens with one attached hydrogen (secondary N) is 1. The van der Waals surface area contributed by atoms with E-state index in [1.54, 1.807) is 0 Å². The van der Waals surface area contributed by atoms with Gasteiger partial charge in [-0.3, -0.25) is 9.59 Å². The third-order valence-electron chi connectivity index (χ3n) is 3.34. The molecule has 1 fully saturated rings. The summed E-state index contributed by atoms with van der Waals surface area (Å²) in [6.07, 6.45) is 3.13. The fourth-order valence-electron chi connectivity index (χ4n) is 2.09. The fourth-order valence-corrected chi connectivity index (χ4v) is 2.09. The first-order valence-corrected chi connectivity index (χ1v) is 6.60. The Morgan fingerprint density at radius 3 is 2.76 bits per heavy atom. The molecule has 1 rings (SSSR count). The van der Waals surface area contributed by atoms with Crippen LogP contribution in [0.15, 0.2) is 0 Å². The molecule has 1 heterocycles. The van der Waals surface area contributed by atoms with Gasteiger partial charge in [0.05, 0.1) is 0 Å². The minimum atomic E-state index is -0.150. The molecule has 4 heteroatoms. The maximum absolute atomic E-state index is 11.9. The molecule has 2 amide bonds. The highest BCUT2D eigenvalue weighted by atomic mass is 16.2. The Kier molecular flexibility index (Phi) is 5.45.